The van der Waals surface area contributed by atoms with Crippen LogP contribution in [0.2, 0.25) is 0 Å². The first-order valence-corrected chi connectivity index (χ1v) is 7.06. The van der Waals surface area contributed by atoms with Crippen molar-refractivity contribution in [3.8, 4) is 0 Å². The fourth-order valence-corrected chi connectivity index (χ4v) is 3.41. The third kappa shape index (κ3) is 1.38. The van der Waals surface area contributed by atoms with Gasteiger partial charge in [-0.1, -0.05) is 11.3 Å². The van der Waals surface area contributed by atoms with Crippen molar-refractivity contribution in [2.75, 3.05) is 13.2 Å². The lowest BCUT2D eigenvalue weighted by Crippen LogP contribution is -2.41. The molecule has 96 valence electrons. The van der Waals surface area contributed by atoms with Crippen LogP contribution in [0, 0.1) is 0 Å². The summed E-state index contributed by atoms with van der Waals surface area (Å²) in [6.45, 7) is 3.36. The number of nitrogens with two attached hydrogens (primary N) is 1. The van der Waals surface area contributed by atoms with E-state index >= 15 is 0 Å². The number of fused-ring (bicyclic) bond motifs is 1. The van der Waals surface area contributed by atoms with Crippen molar-refractivity contribution in [3.05, 3.63) is 10.8 Å². The summed E-state index contributed by atoms with van der Waals surface area (Å²) < 4.78 is 7.38. The Balaban J connectivity index is 1.81. The predicted octanol–water partition coefficient (Wildman–Crippen LogP) is 0.678. The Morgan fingerprint density at radius 2 is 2.28 bits per heavy atom. The average Bonchev–Trinajstić information content (AvgIpc) is 2.82. The van der Waals surface area contributed by atoms with E-state index in [2.05, 4.69) is 22.2 Å². The van der Waals surface area contributed by atoms with Gasteiger partial charge in [-0.25, -0.2) is 0 Å². The molecule has 4 rings (SSSR count). The molecule has 3 heterocycles. The number of aromatic nitrogens is 4. The molecule has 18 heavy (non-hydrogen) atoms. The highest BCUT2D eigenvalue weighted by atomic mass is 32.1. The molecule has 0 spiro atoms. The van der Waals surface area contributed by atoms with Crippen LogP contribution in [0.25, 0.3) is 4.96 Å². The lowest BCUT2D eigenvalue weighted by atomic mass is 9.87. The minimum Gasteiger partial charge on any atom is -0.379 e. The number of nitrogens with zero attached hydrogens (tertiary/aromatic N) is 4. The molecule has 2 aromatic rings. The van der Waals surface area contributed by atoms with Crippen LogP contribution in [0.5, 0.6) is 0 Å². The molecule has 0 bridgehead atoms. The summed E-state index contributed by atoms with van der Waals surface area (Å²) in [5.41, 5.74) is 5.95. The van der Waals surface area contributed by atoms with Crippen LogP contribution in [0.3, 0.4) is 0 Å². The maximum atomic E-state index is 6.14. The molecule has 1 saturated heterocycles. The predicted molar refractivity (Wildman–Crippen MR) is 66.8 cm³/mol. The van der Waals surface area contributed by atoms with Crippen molar-refractivity contribution in [1.82, 2.24) is 19.8 Å². The molecule has 2 atom stereocenters. The van der Waals surface area contributed by atoms with Gasteiger partial charge >= 0.3 is 0 Å². The minimum atomic E-state index is -0.188. The van der Waals surface area contributed by atoms with Crippen LogP contribution in [-0.2, 0) is 10.2 Å². The second kappa shape index (κ2) is 3.49. The van der Waals surface area contributed by atoms with Crippen LogP contribution in [0.15, 0.2) is 0 Å². The molecule has 2 aliphatic rings. The molecule has 2 unspecified atom stereocenters. The van der Waals surface area contributed by atoms with E-state index in [1.807, 2.05) is 4.52 Å². The zero-order valence-electron chi connectivity index (χ0n) is 10.2. The second-order valence-corrected chi connectivity index (χ2v) is 6.43. The molecule has 2 fully saturated rings. The van der Waals surface area contributed by atoms with Crippen molar-refractivity contribution in [2.45, 2.75) is 37.1 Å². The van der Waals surface area contributed by atoms with Gasteiger partial charge < -0.3 is 10.5 Å². The molecule has 2 N–H and O–H groups in total. The normalized spacial score (nSPS) is 32.4. The molecule has 2 aromatic heterocycles. The van der Waals surface area contributed by atoms with Crippen LogP contribution in [0.4, 0.5) is 0 Å². The zero-order valence-corrected chi connectivity index (χ0v) is 11.0. The summed E-state index contributed by atoms with van der Waals surface area (Å²) in [5, 5.41) is 14.1. The molecule has 0 aromatic carbocycles. The molecule has 6 nitrogen and oxygen atoms in total. The first-order valence-electron chi connectivity index (χ1n) is 6.24. The van der Waals surface area contributed by atoms with E-state index in [4.69, 9.17) is 10.5 Å². The van der Waals surface area contributed by atoms with Crippen molar-refractivity contribution in [3.63, 3.8) is 0 Å². The molecule has 1 aliphatic carbocycles. The summed E-state index contributed by atoms with van der Waals surface area (Å²) in [6, 6.07) is 0.00527. The molecule has 7 heteroatoms. The summed E-state index contributed by atoms with van der Waals surface area (Å²) in [5.74, 6) is 1.56. The highest BCUT2D eigenvalue weighted by Crippen LogP contribution is 2.40. The Morgan fingerprint density at radius 3 is 2.94 bits per heavy atom. The second-order valence-electron chi connectivity index (χ2n) is 5.47. The number of rotatable bonds is 2. The zero-order chi connectivity index (χ0) is 12.3. The highest BCUT2D eigenvalue weighted by Gasteiger charge is 2.43. The largest absolute Gasteiger partial charge is 0.379 e. The van der Waals surface area contributed by atoms with Gasteiger partial charge in [0.05, 0.1) is 18.6 Å². The summed E-state index contributed by atoms with van der Waals surface area (Å²) in [6.07, 6.45) is 2.40. The highest BCUT2D eigenvalue weighted by molar-refractivity contribution is 7.16. The maximum absolute atomic E-state index is 6.14. The SMILES string of the molecule is CC1(c2nn3c(C4CC4)nnc3s2)COCC1N. The first kappa shape index (κ1) is 10.8. The first-order chi connectivity index (χ1) is 8.68. The molecular formula is C11H15N5OS. The van der Waals surface area contributed by atoms with Gasteiger partial charge in [-0.3, -0.25) is 0 Å². The fraction of sp³-hybridized carbons (Fsp3) is 0.727. The number of hydrogen-bond donors (Lipinski definition) is 1. The van der Waals surface area contributed by atoms with Crippen molar-refractivity contribution in [1.29, 1.82) is 0 Å². The summed E-state index contributed by atoms with van der Waals surface area (Å²) >= 11 is 1.58. The minimum absolute atomic E-state index is 0.00527. The average molecular weight is 265 g/mol. The smallest absolute Gasteiger partial charge is 0.234 e. The van der Waals surface area contributed by atoms with E-state index < -0.39 is 0 Å². The Kier molecular flexibility index (Phi) is 2.10. The summed E-state index contributed by atoms with van der Waals surface area (Å²) in [7, 11) is 0. The Bertz CT molecular complexity index is 604. The third-order valence-corrected chi connectivity index (χ3v) is 5.14. The van der Waals surface area contributed by atoms with Gasteiger partial charge in [-0.2, -0.15) is 9.61 Å². The van der Waals surface area contributed by atoms with E-state index in [9.17, 15) is 0 Å². The molecule has 0 radical (unpaired) electrons. The Labute approximate surface area is 108 Å². The van der Waals surface area contributed by atoms with Crippen LogP contribution < -0.4 is 5.73 Å². The van der Waals surface area contributed by atoms with Crippen LogP contribution in [0.1, 0.15) is 36.5 Å². The fourth-order valence-electron chi connectivity index (χ4n) is 2.37. The van der Waals surface area contributed by atoms with Crippen molar-refractivity contribution < 1.29 is 4.74 Å². The van der Waals surface area contributed by atoms with Gasteiger partial charge in [0.1, 0.15) is 5.01 Å². The monoisotopic (exact) mass is 265 g/mol. The van der Waals surface area contributed by atoms with Gasteiger partial charge in [0, 0.05) is 12.0 Å². The summed E-state index contributed by atoms with van der Waals surface area (Å²) in [4.78, 5) is 0.868. The third-order valence-electron chi connectivity index (χ3n) is 3.96. The molecule has 1 aliphatic heterocycles. The Hall–Kier alpha value is -1.05. The maximum Gasteiger partial charge on any atom is 0.234 e. The van der Waals surface area contributed by atoms with Crippen LogP contribution >= 0.6 is 11.3 Å². The Morgan fingerprint density at radius 1 is 1.44 bits per heavy atom. The van der Waals surface area contributed by atoms with Gasteiger partial charge in [-0.15, -0.1) is 10.2 Å². The van der Waals surface area contributed by atoms with E-state index in [1.165, 1.54) is 12.8 Å². The van der Waals surface area contributed by atoms with Gasteiger partial charge in [0.15, 0.2) is 5.82 Å². The topological polar surface area (TPSA) is 78.3 Å². The lowest BCUT2D eigenvalue weighted by Gasteiger charge is -2.23. The van der Waals surface area contributed by atoms with Crippen LogP contribution in [-0.4, -0.2) is 39.1 Å². The number of ether oxygens (including phenoxy) is 1. The van der Waals surface area contributed by atoms with Crippen molar-refractivity contribution in [2.24, 2.45) is 5.73 Å². The number of hydrogen-bond acceptors (Lipinski definition) is 6. The lowest BCUT2D eigenvalue weighted by molar-refractivity contribution is 0.179. The van der Waals surface area contributed by atoms with E-state index in [0.29, 0.717) is 19.1 Å². The molecule has 0 amide bonds. The standard InChI is InChI=1S/C11H15N5OS/c1-11(5-17-4-7(11)12)9-15-16-8(6-2-3-6)13-14-10(16)18-9/h6-7H,2-5,12H2,1H3. The molecule has 1 saturated carbocycles. The van der Waals surface area contributed by atoms with Gasteiger partial charge in [-0.05, 0) is 19.8 Å². The van der Waals surface area contributed by atoms with E-state index in [1.54, 1.807) is 11.3 Å². The van der Waals surface area contributed by atoms with E-state index in [0.717, 1.165) is 15.8 Å². The quantitative estimate of drug-likeness (QED) is 0.864. The van der Waals surface area contributed by atoms with Gasteiger partial charge in [0.2, 0.25) is 4.96 Å². The molecular weight excluding hydrogens is 250 g/mol. The van der Waals surface area contributed by atoms with E-state index in [-0.39, 0.29) is 11.5 Å². The van der Waals surface area contributed by atoms with Gasteiger partial charge in [0.25, 0.3) is 0 Å². The van der Waals surface area contributed by atoms with Crippen molar-refractivity contribution >= 4 is 16.3 Å².